The van der Waals surface area contributed by atoms with Crippen molar-refractivity contribution in [1.29, 1.82) is 0 Å². The van der Waals surface area contributed by atoms with E-state index < -0.39 is 0 Å². The van der Waals surface area contributed by atoms with E-state index in [1.807, 2.05) is 18.6 Å². The van der Waals surface area contributed by atoms with Crippen LogP contribution in [0.4, 0.5) is 0 Å². The summed E-state index contributed by atoms with van der Waals surface area (Å²) in [5, 5.41) is 0. The number of benzene rings is 1. The van der Waals surface area contributed by atoms with E-state index in [9.17, 15) is 0 Å². The van der Waals surface area contributed by atoms with Gasteiger partial charge in [-0.25, -0.2) is 9.97 Å². The maximum atomic E-state index is 4.77. The normalized spacial score (nSPS) is 14.4. The summed E-state index contributed by atoms with van der Waals surface area (Å²) in [5.41, 5.74) is 6.16. The van der Waals surface area contributed by atoms with Gasteiger partial charge in [0.1, 0.15) is 5.82 Å². The monoisotopic (exact) mass is 422 g/mol. The zero-order valence-electron chi connectivity index (χ0n) is 15.7. The van der Waals surface area contributed by atoms with Crippen molar-refractivity contribution in [3.63, 3.8) is 0 Å². The Bertz CT molecular complexity index is 955. The van der Waals surface area contributed by atoms with Gasteiger partial charge in [-0.15, -0.1) is 0 Å². The first-order chi connectivity index (χ1) is 13.1. The van der Waals surface area contributed by atoms with Gasteiger partial charge in [-0.3, -0.25) is 9.88 Å². The first-order valence-corrected chi connectivity index (χ1v) is 10.2. The zero-order chi connectivity index (χ0) is 18.8. The fourth-order valence-electron chi connectivity index (χ4n) is 3.53. The summed E-state index contributed by atoms with van der Waals surface area (Å²) in [6.45, 7) is 7.06. The van der Waals surface area contributed by atoms with Crippen LogP contribution in [0, 0.1) is 0 Å². The minimum atomic E-state index is 0.372. The van der Waals surface area contributed by atoms with Crippen molar-refractivity contribution >= 4 is 15.9 Å². The summed E-state index contributed by atoms with van der Waals surface area (Å²) in [7, 11) is 0. The third kappa shape index (κ3) is 4.09. The highest BCUT2D eigenvalue weighted by atomic mass is 79.9. The molecule has 4 rings (SSSR count). The van der Waals surface area contributed by atoms with E-state index in [1.54, 1.807) is 0 Å². The summed E-state index contributed by atoms with van der Waals surface area (Å²) in [6, 6.07) is 10.5. The third-order valence-corrected chi connectivity index (χ3v) is 5.47. The van der Waals surface area contributed by atoms with E-state index >= 15 is 0 Å². The van der Waals surface area contributed by atoms with Crippen molar-refractivity contribution in [3.05, 3.63) is 76.0 Å². The SMILES string of the molecule is CC(C)c1ncc2c(n1)CCN(Cc1cnccc1-c1cccc(Br)c1)C2. The molecule has 0 unspecified atom stereocenters. The average Bonchev–Trinajstić information content (AvgIpc) is 2.68. The fraction of sp³-hybridized carbons (Fsp3) is 0.318. The first-order valence-electron chi connectivity index (χ1n) is 9.36. The maximum Gasteiger partial charge on any atom is 0.131 e. The highest BCUT2D eigenvalue weighted by molar-refractivity contribution is 9.10. The molecule has 0 aliphatic carbocycles. The molecule has 0 amide bonds. The van der Waals surface area contributed by atoms with Gasteiger partial charge in [-0.1, -0.05) is 41.9 Å². The Morgan fingerprint density at radius 2 is 2.07 bits per heavy atom. The lowest BCUT2D eigenvalue weighted by atomic mass is 10.00. The van der Waals surface area contributed by atoms with Crippen LogP contribution >= 0.6 is 15.9 Å². The van der Waals surface area contributed by atoms with Crippen LogP contribution in [0.5, 0.6) is 0 Å². The van der Waals surface area contributed by atoms with Gasteiger partial charge in [0.05, 0.1) is 0 Å². The van der Waals surface area contributed by atoms with E-state index in [0.717, 1.165) is 36.4 Å². The van der Waals surface area contributed by atoms with Crippen LogP contribution < -0.4 is 0 Å². The van der Waals surface area contributed by atoms with Gasteiger partial charge in [0.25, 0.3) is 0 Å². The number of halogens is 1. The maximum absolute atomic E-state index is 4.77. The highest BCUT2D eigenvalue weighted by Gasteiger charge is 2.20. The lowest BCUT2D eigenvalue weighted by molar-refractivity contribution is 0.242. The molecule has 0 N–H and O–H groups in total. The van der Waals surface area contributed by atoms with Crippen LogP contribution in [0.15, 0.2) is 53.4 Å². The second-order valence-corrected chi connectivity index (χ2v) is 8.27. The Labute approximate surface area is 168 Å². The number of aromatic nitrogens is 3. The molecular weight excluding hydrogens is 400 g/mol. The van der Waals surface area contributed by atoms with E-state index in [0.29, 0.717) is 5.92 Å². The highest BCUT2D eigenvalue weighted by Crippen LogP contribution is 2.28. The Morgan fingerprint density at radius 1 is 1.19 bits per heavy atom. The Kier molecular flexibility index (Phi) is 5.32. The van der Waals surface area contributed by atoms with Gasteiger partial charge < -0.3 is 0 Å². The molecule has 0 atom stereocenters. The van der Waals surface area contributed by atoms with Crippen molar-refractivity contribution in [2.45, 2.75) is 39.3 Å². The van der Waals surface area contributed by atoms with Crippen LogP contribution in [-0.4, -0.2) is 26.4 Å². The molecule has 3 aromatic rings. The molecule has 138 valence electrons. The topological polar surface area (TPSA) is 41.9 Å². The van der Waals surface area contributed by atoms with Crippen LogP contribution in [0.25, 0.3) is 11.1 Å². The van der Waals surface area contributed by atoms with Crippen molar-refractivity contribution in [1.82, 2.24) is 19.9 Å². The molecular formula is C22H23BrN4. The van der Waals surface area contributed by atoms with Crippen molar-refractivity contribution < 1.29 is 0 Å². The van der Waals surface area contributed by atoms with E-state index in [2.05, 4.69) is 75.0 Å². The zero-order valence-corrected chi connectivity index (χ0v) is 17.3. The molecule has 27 heavy (non-hydrogen) atoms. The number of nitrogens with zero attached hydrogens (tertiary/aromatic N) is 4. The lowest BCUT2D eigenvalue weighted by Gasteiger charge is -2.29. The number of hydrogen-bond acceptors (Lipinski definition) is 4. The molecule has 1 aliphatic heterocycles. The standard InChI is InChI=1S/C22H23BrN4/c1-15(2)22-25-12-18-14-27(9-7-21(18)26-22)13-17-11-24-8-6-20(17)16-4-3-5-19(23)10-16/h3-6,8,10-12,15H,7,9,13-14H2,1-2H3. The average molecular weight is 423 g/mol. The summed E-state index contributed by atoms with van der Waals surface area (Å²) >= 11 is 3.58. The van der Waals surface area contributed by atoms with Crippen molar-refractivity contribution in [2.24, 2.45) is 0 Å². The van der Waals surface area contributed by atoms with E-state index in [4.69, 9.17) is 4.98 Å². The predicted molar refractivity (Wildman–Crippen MR) is 111 cm³/mol. The van der Waals surface area contributed by atoms with Gasteiger partial charge in [0.2, 0.25) is 0 Å². The number of pyridine rings is 1. The number of rotatable bonds is 4. The van der Waals surface area contributed by atoms with Gasteiger partial charge in [0, 0.05) is 66.3 Å². The number of hydrogen-bond donors (Lipinski definition) is 0. The molecule has 0 fully saturated rings. The molecule has 4 nitrogen and oxygen atoms in total. The largest absolute Gasteiger partial charge is 0.294 e. The lowest BCUT2D eigenvalue weighted by Crippen LogP contribution is -2.31. The minimum absolute atomic E-state index is 0.372. The van der Waals surface area contributed by atoms with Crippen LogP contribution in [0.2, 0.25) is 0 Å². The molecule has 1 aliphatic rings. The molecule has 0 radical (unpaired) electrons. The third-order valence-electron chi connectivity index (χ3n) is 4.98. The molecule has 0 saturated carbocycles. The molecule has 3 heterocycles. The smallest absolute Gasteiger partial charge is 0.131 e. The molecule has 0 spiro atoms. The summed E-state index contributed by atoms with van der Waals surface area (Å²) in [4.78, 5) is 16.2. The Balaban J connectivity index is 1.56. The minimum Gasteiger partial charge on any atom is -0.294 e. The van der Waals surface area contributed by atoms with Crippen LogP contribution in [-0.2, 0) is 19.5 Å². The van der Waals surface area contributed by atoms with Gasteiger partial charge in [-0.2, -0.15) is 0 Å². The number of fused-ring (bicyclic) bond motifs is 1. The van der Waals surface area contributed by atoms with Crippen LogP contribution in [0.1, 0.15) is 42.4 Å². The Morgan fingerprint density at radius 3 is 2.89 bits per heavy atom. The van der Waals surface area contributed by atoms with E-state index in [1.165, 1.54) is 27.9 Å². The summed E-state index contributed by atoms with van der Waals surface area (Å²) in [6.07, 6.45) is 6.85. The van der Waals surface area contributed by atoms with Crippen molar-refractivity contribution in [2.75, 3.05) is 6.54 Å². The van der Waals surface area contributed by atoms with Gasteiger partial charge in [0.15, 0.2) is 0 Å². The molecule has 2 aromatic heterocycles. The van der Waals surface area contributed by atoms with Gasteiger partial charge in [-0.05, 0) is 34.9 Å². The summed E-state index contributed by atoms with van der Waals surface area (Å²) in [5.74, 6) is 1.32. The Hall–Kier alpha value is -2.11. The molecule has 0 bridgehead atoms. The predicted octanol–water partition coefficient (Wildman–Crippen LogP) is 4.98. The second-order valence-electron chi connectivity index (χ2n) is 7.36. The first kappa shape index (κ1) is 18.3. The van der Waals surface area contributed by atoms with Gasteiger partial charge >= 0.3 is 0 Å². The molecule has 1 aromatic carbocycles. The van der Waals surface area contributed by atoms with Crippen molar-refractivity contribution in [3.8, 4) is 11.1 Å². The molecule has 0 saturated heterocycles. The molecule has 5 heteroatoms. The summed E-state index contributed by atoms with van der Waals surface area (Å²) < 4.78 is 1.09. The quantitative estimate of drug-likeness (QED) is 0.594. The fourth-order valence-corrected chi connectivity index (χ4v) is 3.93. The van der Waals surface area contributed by atoms with Crippen LogP contribution in [0.3, 0.4) is 0 Å². The van der Waals surface area contributed by atoms with E-state index in [-0.39, 0.29) is 0 Å². The second kappa shape index (κ2) is 7.87.